The second-order valence-electron chi connectivity index (χ2n) is 6.82. The first-order chi connectivity index (χ1) is 14.7. The highest BCUT2D eigenvalue weighted by Crippen LogP contribution is 2.44. The van der Waals surface area contributed by atoms with Crippen molar-refractivity contribution in [1.29, 1.82) is 5.26 Å². The van der Waals surface area contributed by atoms with Crippen molar-refractivity contribution in [3.63, 3.8) is 0 Å². The van der Waals surface area contributed by atoms with Gasteiger partial charge in [0.15, 0.2) is 5.54 Å². The van der Waals surface area contributed by atoms with Crippen molar-refractivity contribution in [2.24, 2.45) is 0 Å². The molecule has 0 bridgehead atoms. The van der Waals surface area contributed by atoms with Gasteiger partial charge in [-0.1, -0.05) is 42.5 Å². The maximum Gasteiger partial charge on any atom is 0.419 e. The second kappa shape index (κ2) is 8.24. The van der Waals surface area contributed by atoms with Gasteiger partial charge < -0.3 is 9.64 Å². The zero-order chi connectivity index (χ0) is 22.8. The molecule has 160 valence electrons. The molecule has 0 radical (unpaired) electrons. The van der Waals surface area contributed by atoms with Gasteiger partial charge in [0.1, 0.15) is 0 Å². The van der Waals surface area contributed by atoms with E-state index in [1.54, 1.807) is 30.3 Å². The normalized spacial score (nSPS) is 18.9. The number of carbonyl (C=O) groups is 2. The first-order valence-electron chi connectivity index (χ1n) is 9.17. The van der Waals surface area contributed by atoms with Crippen molar-refractivity contribution < 1.29 is 27.5 Å². The van der Waals surface area contributed by atoms with Gasteiger partial charge in [-0.25, -0.2) is 9.69 Å². The number of hydrogen-bond acceptors (Lipinski definition) is 4. The topological polar surface area (TPSA) is 73.6 Å². The molecule has 2 aromatic rings. The molecule has 9 heteroatoms. The molecular weight excluding hydrogens is 411 g/mol. The molecule has 1 atom stereocenters. The average molecular weight is 429 g/mol. The highest BCUT2D eigenvalue weighted by atomic mass is 19.4. The van der Waals surface area contributed by atoms with Crippen molar-refractivity contribution in [1.82, 2.24) is 4.90 Å². The Balaban J connectivity index is 2.23. The van der Waals surface area contributed by atoms with Crippen LogP contribution in [0.25, 0.3) is 0 Å². The van der Waals surface area contributed by atoms with E-state index in [1.165, 1.54) is 25.3 Å². The molecule has 0 aliphatic carbocycles. The standard InChI is InChI=1S/C22H18F3N3O3/c1-3-12-31-14-21(16-9-5-4-6-10-16)19(29)28(20(30)27(21)2)17-11-7-8-15(13-26)18(17)22(23,24)25/h3-11H,1,12,14H2,2H3. The summed E-state index contributed by atoms with van der Waals surface area (Å²) in [6.07, 6.45) is -3.51. The van der Waals surface area contributed by atoms with Crippen molar-refractivity contribution in [2.75, 3.05) is 25.2 Å². The number of ether oxygens (including phenoxy) is 1. The lowest BCUT2D eigenvalue weighted by Crippen LogP contribution is -2.49. The Morgan fingerprint density at radius 2 is 1.84 bits per heavy atom. The largest absolute Gasteiger partial charge is 0.419 e. The molecule has 0 N–H and O–H groups in total. The van der Waals surface area contributed by atoms with E-state index in [0.29, 0.717) is 10.5 Å². The minimum absolute atomic E-state index is 0.0710. The highest BCUT2D eigenvalue weighted by molar-refractivity contribution is 6.23. The molecular formula is C22H18F3N3O3. The van der Waals surface area contributed by atoms with Crippen LogP contribution in [0.2, 0.25) is 0 Å². The summed E-state index contributed by atoms with van der Waals surface area (Å²) < 4.78 is 47.0. The summed E-state index contributed by atoms with van der Waals surface area (Å²) in [7, 11) is 1.33. The number of halogens is 3. The second-order valence-corrected chi connectivity index (χ2v) is 6.82. The number of carbonyl (C=O) groups excluding carboxylic acids is 2. The molecule has 1 fully saturated rings. The number of rotatable bonds is 6. The summed E-state index contributed by atoms with van der Waals surface area (Å²) in [6.45, 7) is 3.32. The summed E-state index contributed by atoms with van der Waals surface area (Å²) in [5, 5.41) is 9.18. The Morgan fingerprint density at radius 3 is 2.42 bits per heavy atom. The summed E-state index contributed by atoms with van der Waals surface area (Å²) in [6, 6.07) is 11.9. The average Bonchev–Trinajstić information content (AvgIpc) is 2.94. The lowest BCUT2D eigenvalue weighted by Gasteiger charge is -2.32. The van der Waals surface area contributed by atoms with Gasteiger partial charge in [0.25, 0.3) is 5.91 Å². The molecule has 3 amide bonds. The summed E-state index contributed by atoms with van der Waals surface area (Å²) in [4.78, 5) is 28.3. The predicted octanol–water partition coefficient (Wildman–Crippen LogP) is 4.07. The number of anilines is 1. The number of imide groups is 1. The number of nitriles is 1. The lowest BCUT2D eigenvalue weighted by molar-refractivity contribution is -0.137. The van der Waals surface area contributed by atoms with Crippen molar-refractivity contribution in [3.8, 4) is 6.07 Å². The van der Waals surface area contributed by atoms with Gasteiger partial charge in [-0.15, -0.1) is 6.58 Å². The van der Waals surface area contributed by atoms with E-state index in [9.17, 15) is 28.0 Å². The quantitative estimate of drug-likeness (QED) is 0.394. The van der Waals surface area contributed by atoms with E-state index in [0.717, 1.165) is 17.0 Å². The first kappa shape index (κ1) is 22.1. The SMILES string of the molecule is C=CCOCC1(c2ccccc2)C(=O)N(c2cccc(C#N)c2C(F)(F)F)C(=O)N1C. The maximum absolute atomic E-state index is 13.8. The van der Waals surface area contributed by atoms with Crippen molar-refractivity contribution in [3.05, 3.63) is 77.9 Å². The number of amides is 3. The molecule has 0 saturated carbocycles. The van der Waals surface area contributed by atoms with Crippen LogP contribution in [0, 0.1) is 11.3 Å². The molecule has 1 heterocycles. The van der Waals surface area contributed by atoms with Crippen LogP contribution in [0.4, 0.5) is 23.7 Å². The van der Waals surface area contributed by atoms with E-state index < -0.39 is 40.5 Å². The molecule has 31 heavy (non-hydrogen) atoms. The van der Waals surface area contributed by atoms with Gasteiger partial charge in [-0.2, -0.15) is 18.4 Å². The zero-order valence-electron chi connectivity index (χ0n) is 16.5. The molecule has 0 aromatic heterocycles. The van der Waals surface area contributed by atoms with Gasteiger partial charge in [0.2, 0.25) is 0 Å². The van der Waals surface area contributed by atoms with Crippen LogP contribution in [0.3, 0.4) is 0 Å². The van der Waals surface area contributed by atoms with Crippen LogP contribution >= 0.6 is 0 Å². The van der Waals surface area contributed by atoms with E-state index in [1.807, 2.05) is 0 Å². The van der Waals surface area contributed by atoms with Gasteiger partial charge in [0.05, 0.1) is 36.1 Å². The van der Waals surface area contributed by atoms with E-state index in [-0.39, 0.29) is 13.2 Å². The van der Waals surface area contributed by atoms with Gasteiger partial charge in [-0.05, 0) is 17.7 Å². The Labute approximate surface area is 176 Å². The minimum Gasteiger partial charge on any atom is -0.374 e. The van der Waals surface area contributed by atoms with Crippen LogP contribution < -0.4 is 4.90 Å². The summed E-state index contributed by atoms with van der Waals surface area (Å²) in [5.41, 5.74) is -4.04. The maximum atomic E-state index is 13.8. The van der Waals surface area contributed by atoms with Gasteiger partial charge in [-0.3, -0.25) is 4.79 Å². The van der Waals surface area contributed by atoms with Crippen LogP contribution in [0.1, 0.15) is 16.7 Å². The van der Waals surface area contributed by atoms with E-state index in [2.05, 4.69) is 6.58 Å². The number of hydrogen-bond donors (Lipinski definition) is 0. The molecule has 3 rings (SSSR count). The molecule has 1 aliphatic rings. The number of benzene rings is 2. The summed E-state index contributed by atoms with van der Waals surface area (Å²) >= 11 is 0. The Kier molecular flexibility index (Phi) is 5.86. The molecule has 2 aromatic carbocycles. The van der Waals surface area contributed by atoms with E-state index in [4.69, 9.17) is 4.74 Å². The van der Waals surface area contributed by atoms with Crippen LogP contribution in [0.15, 0.2) is 61.2 Å². The molecule has 6 nitrogen and oxygen atoms in total. The van der Waals surface area contributed by atoms with Crippen LogP contribution in [-0.2, 0) is 21.2 Å². The van der Waals surface area contributed by atoms with Crippen molar-refractivity contribution in [2.45, 2.75) is 11.7 Å². The predicted molar refractivity (Wildman–Crippen MR) is 106 cm³/mol. The smallest absolute Gasteiger partial charge is 0.374 e. The third-order valence-electron chi connectivity index (χ3n) is 5.09. The summed E-state index contributed by atoms with van der Waals surface area (Å²) in [5.74, 6) is -0.907. The van der Waals surface area contributed by atoms with Crippen LogP contribution in [-0.4, -0.2) is 37.1 Å². The highest BCUT2D eigenvalue weighted by Gasteiger charge is 2.59. The lowest BCUT2D eigenvalue weighted by atomic mass is 9.89. The zero-order valence-corrected chi connectivity index (χ0v) is 16.5. The Hall–Kier alpha value is -3.64. The Bertz CT molecular complexity index is 1060. The third kappa shape index (κ3) is 3.55. The number of urea groups is 1. The molecule has 1 aliphatic heterocycles. The number of nitrogens with zero attached hydrogens (tertiary/aromatic N) is 3. The first-order valence-corrected chi connectivity index (χ1v) is 9.17. The van der Waals surface area contributed by atoms with Crippen molar-refractivity contribution >= 4 is 17.6 Å². The van der Waals surface area contributed by atoms with E-state index >= 15 is 0 Å². The number of alkyl halides is 3. The Morgan fingerprint density at radius 1 is 1.16 bits per heavy atom. The molecule has 1 saturated heterocycles. The monoisotopic (exact) mass is 429 g/mol. The fourth-order valence-electron chi connectivity index (χ4n) is 3.62. The minimum atomic E-state index is -4.96. The fraction of sp³-hybridized carbons (Fsp3) is 0.227. The van der Waals surface area contributed by atoms with Gasteiger partial charge in [0, 0.05) is 7.05 Å². The van der Waals surface area contributed by atoms with Gasteiger partial charge >= 0.3 is 12.2 Å². The number of likely N-dealkylation sites (N-methyl/N-ethyl adjacent to an activating group) is 1. The third-order valence-corrected chi connectivity index (χ3v) is 5.09. The van der Waals surface area contributed by atoms with Crippen LogP contribution in [0.5, 0.6) is 0 Å². The molecule has 1 unspecified atom stereocenters. The molecule has 0 spiro atoms. The fourth-order valence-corrected chi connectivity index (χ4v) is 3.62.